The van der Waals surface area contributed by atoms with Crippen LogP contribution in [0.2, 0.25) is 5.02 Å². The highest BCUT2D eigenvalue weighted by atomic mass is 35.5. The molecule has 1 heterocycles. The molecule has 76 valence electrons. The summed E-state index contributed by atoms with van der Waals surface area (Å²) >= 11 is 6.13. The molecule has 3 heteroatoms. The molecule has 14 heavy (non-hydrogen) atoms. The van der Waals surface area contributed by atoms with E-state index in [1.165, 1.54) is 0 Å². The molecule has 2 rings (SSSR count). The molecule has 1 aliphatic rings. The molecule has 0 saturated carbocycles. The van der Waals surface area contributed by atoms with E-state index in [2.05, 4.69) is 19.2 Å². The van der Waals surface area contributed by atoms with Crippen LogP contribution in [0.5, 0.6) is 5.75 Å². The number of hydrogen-bond acceptors (Lipinski definition) is 2. The van der Waals surface area contributed by atoms with Gasteiger partial charge in [-0.15, -0.1) is 0 Å². The van der Waals surface area contributed by atoms with Crippen molar-refractivity contribution in [3.8, 4) is 5.75 Å². The zero-order chi connectivity index (χ0) is 10.1. The molecule has 1 aromatic carbocycles. The predicted molar refractivity (Wildman–Crippen MR) is 58.0 cm³/mol. The Balaban J connectivity index is 2.29. The fraction of sp³-hybridized carbons (Fsp3) is 0.455. The normalized spacial score (nSPS) is 19.6. The lowest BCUT2D eigenvalue weighted by Gasteiger charge is -2.15. The highest BCUT2D eigenvalue weighted by Crippen LogP contribution is 2.37. The zero-order valence-corrected chi connectivity index (χ0v) is 9.14. The largest absolute Gasteiger partial charge is 0.491 e. The Morgan fingerprint density at radius 3 is 3.00 bits per heavy atom. The Hall–Kier alpha value is -0.730. The highest BCUT2D eigenvalue weighted by molar-refractivity contribution is 6.31. The maximum absolute atomic E-state index is 6.13. The van der Waals surface area contributed by atoms with E-state index >= 15 is 0 Å². The third-order valence-electron chi connectivity index (χ3n) is 2.30. The fourth-order valence-electron chi connectivity index (χ4n) is 1.77. The van der Waals surface area contributed by atoms with Crippen LogP contribution in [0.4, 0.5) is 0 Å². The van der Waals surface area contributed by atoms with Crippen LogP contribution in [0.25, 0.3) is 0 Å². The van der Waals surface area contributed by atoms with Crippen LogP contribution >= 0.6 is 11.6 Å². The average Bonchev–Trinajstić information content (AvgIpc) is 2.49. The van der Waals surface area contributed by atoms with Crippen molar-refractivity contribution in [2.45, 2.75) is 25.9 Å². The first-order valence-corrected chi connectivity index (χ1v) is 5.23. The molecular weight excluding hydrogens is 198 g/mol. The Labute approximate surface area is 89.2 Å². The van der Waals surface area contributed by atoms with Crippen molar-refractivity contribution < 1.29 is 4.74 Å². The van der Waals surface area contributed by atoms with E-state index in [1.807, 2.05) is 18.2 Å². The summed E-state index contributed by atoms with van der Waals surface area (Å²) in [6, 6.07) is 6.45. The summed E-state index contributed by atoms with van der Waals surface area (Å²) in [4.78, 5) is 0. The number of halogens is 1. The lowest BCUT2D eigenvalue weighted by Crippen LogP contribution is -2.29. The van der Waals surface area contributed by atoms with E-state index in [9.17, 15) is 0 Å². The summed E-state index contributed by atoms with van der Waals surface area (Å²) in [6.07, 6.45) is 0. The number of hydrogen-bond donors (Lipinski definition) is 1. The van der Waals surface area contributed by atoms with Crippen LogP contribution in [-0.2, 0) is 0 Å². The predicted octanol–water partition coefficient (Wildman–Crippen LogP) is 2.77. The first-order chi connectivity index (χ1) is 6.68. The van der Waals surface area contributed by atoms with Gasteiger partial charge in [-0.1, -0.05) is 31.5 Å². The van der Waals surface area contributed by atoms with E-state index < -0.39 is 0 Å². The number of benzene rings is 1. The molecule has 2 nitrogen and oxygen atoms in total. The minimum Gasteiger partial charge on any atom is -0.491 e. The van der Waals surface area contributed by atoms with E-state index in [1.54, 1.807) is 0 Å². The Kier molecular flexibility index (Phi) is 2.66. The van der Waals surface area contributed by atoms with Crippen LogP contribution in [-0.4, -0.2) is 12.6 Å². The second kappa shape index (κ2) is 3.79. The van der Waals surface area contributed by atoms with E-state index in [4.69, 9.17) is 16.3 Å². The standard InChI is InChI=1S/C11H14ClNO/c1-7(2)13-9-6-14-10-5-3-4-8(12)11(9)10/h3-5,7,9,13H,6H2,1-2H3. The van der Waals surface area contributed by atoms with Crippen molar-refractivity contribution in [1.29, 1.82) is 0 Å². The van der Waals surface area contributed by atoms with Gasteiger partial charge in [-0.2, -0.15) is 0 Å². The molecule has 1 aromatic rings. The van der Waals surface area contributed by atoms with Crippen LogP contribution in [0.15, 0.2) is 18.2 Å². The van der Waals surface area contributed by atoms with Crippen LogP contribution < -0.4 is 10.1 Å². The van der Waals surface area contributed by atoms with Crippen LogP contribution in [0.3, 0.4) is 0 Å². The molecular formula is C11H14ClNO. The summed E-state index contributed by atoms with van der Waals surface area (Å²) in [5.41, 5.74) is 1.10. The van der Waals surface area contributed by atoms with Crippen LogP contribution in [0, 0.1) is 0 Å². The van der Waals surface area contributed by atoms with E-state index in [0.717, 1.165) is 16.3 Å². The maximum Gasteiger partial charge on any atom is 0.125 e. The van der Waals surface area contributed by atoms with E-state index in [0.29, 0.717) is 12.6 Å². The summed E-state index contributed by atoms with van der Waals surface area (Å²) < 4.78 is 5.55. The van der Waals surface area contributed by atoms with Gasteiger partial charge in [0, 0.05) is 16.6 Å². The second-order valence-electron chi connectivity index (χ2n) is 3.84. The van der Waals surface area contributed by atoms with Crippen molar-refractivity contribution in [2.75, 3.05) is 6.61 Å². The van der Waals surface area contributed by atoms with Gasteiger partial charge in [-0.25, -0.2) is 0 Å². The zero-order valence-electron chi connectivity index (χ0n) is 8.38. The van der Waals surface area contributed by atoms with Gasteiger partial charge in [0.2, 0.25) is 0 Å². The van der Waals surface area contributed by atoms with Crippen molar-refractivity contribution in [1.82, 2.24) is 5.32 Å². The molecule has 1 unspecified atom stereocenters. The van der Waals surface area contributed by atoms with Gasteiger partial charge in [0.25, 0.3) is 0 Å². The number of nitrogens with one attached hydrogen (secondary N) is 1. The molecule has 0 aliphatic carbocycles. The molecule has 1 N–H and O–H groups in total. The smallest absolute Gasteiger partial charge is 0.125 e. The molecule has 0 bridgehead atoms. The quantitative estimate of drug-likeness (QED) is 0.813. The van der Waals surface area contributed by atoms with E-state index in [-0.39, 0.29) is 6.04 Å². The van der Waals surface area contributed by atoms with Gasteiger partial charge in [0.05, 0.1) is 6.04 Å². The Bertz CT molecular complexity index is 338. The Morgan fingerprint density at radius 1 is 1.50 bits per heavy atom. The van der Waals surface area contributed by atoms with Gasteiger partial charge in [-0.3, -0.25) is 0 Å². The molecule has 0 aromatic heterocycles. The van der Waals surface area contributed by atoms with Gasteiger partial charge in [0.15, 0.2) is 0 Å². The third kappa shape index (κ3) is 1.72. The number of rotatable bonds is 2. The minimum atomic E-state index is 0.235. The molecule has 0 radical (unpaired) electrons. The lowest BCUT2D eigenvalue weighted by atomic mass is 10.1. The topological polar surface area (TPSA) is 21.3 Å². The molecule has 1 aliphatic heterocycles. The number of ether oxygens (including phenoxy) is 1. The summed E-state index contributed by atoms with van der Waals surface area (Å²) in [5, 5.41) is 4.22. The summed E-state index contributed by atoms with van der Waals surface area (Å²) in [5.74, 6) is 0.913. The third-order valence-corrected chi connectivity index (χ3v) is 2.63. The SMILES string of the molecule is CC(C)NC1COc2cccc(Cl)c21. The first kappa shape index (κ1) is 9.81. The monoisotopic (exact) mass is 211 g/mol. The van der Waals surface area contributed by atoms with Crippen molar-refractivity contribution in [3.63, 3.8) is 0 Å². The lowest BCUT2D eigenvalue weighted by molar-refractivity contribution is 0.303. The van der Waals surface area contributed by atoms with Gasteiger partial charge in [0.1, 0.15) is 12.4 Å². The van der Waals surface area contributed by atoms with Gasteiger partial charge >= 0.3 is 0 Å². The number of fused-ring (bicyclic) bond motifs is 1. The van der Waals surface area contributed by atoms with Crippen LogP contribution in [0.1, 0.15) is 25.5 Å². The van der Waals surface area contributed by atoms with Crippen molar-refractivity contribution in [3.05, 3.63) is 28.8 Å². The highest BCUT2D eigenvalue weighted by Gasteiger charge is 2.26. The van der Waals surface area contributed by atoms with Crippen molar-refractivity contribution >= 4 is 11.6 Å². The second-order valence-corrected chi connectivity index (χ2v) is 4.24. The van der Waals surface area contributed by atoms with Gasteiger partial charge < -0.3 is 10.1 Å². The minimum absolute atomic E-state index is 0.235. The molecule has 1 atom stereocenters. The molecule has 0 amide bonds. The molecule has 0 spiro atoms. The first-order valence-electron chi connectivity index (χ1n) is 4.85. The van der Waals surface area contributed by atoms with Crippen molar-refractivity contribution in [2.24, 2.45) is 0 Å². The maximum atomic E-state index is 6.13. The average molecular weight is 212 g/mol. The molecule has 0 fully saturated rings. The summed E-state index contributed by atoms with van der Waals surface area (Å²) in [7, 11) is 0. The van der Waals surface area contributed by atoms with Gasteiger partial charge in [-0.05, 0) is 12.1 Å². The summed E-state index contributed by atoms with van der Waals surface area (Å²) in [6.45, 7) is 4.92. The fourth-order valence-corrected chi connectivity index (χ4v) is 2.07. The Morgan fingerprint density at radius 2 is 2.29 bits per heavy atom. The molecule has 0 saturated heterocycles.